The van der Waals surface area contributed by atoms with Crippen LogP contribution >= 0.6 is 0 Å². The van der Waals surface area contributed by atoms with E-state index in [2.05, 4.69) is 9.71 Å². The lowest BCUT2D eigenvalue weighted by Crippen LogP contribution is -2.40. The number of pyridine rings is 1. The first kappa shape index (κ1) is 17.9. The lowest BCUT2D eigenvalue weighted by molar-refractivity contribution is 0.138. The highest BCUT2D eigenvalue weighted by Crippen LogP contribution is 2.23. The Morgan fingerprint density at radius 2 is 1.92 bits per heavy atom. The number of benzene rings is 1. The zero-order valence-corrected chi connectivity index (χ0v) is 15.2. The van der Waals surface area contributed by atoms with Crippen LogP contribution < -0.4 is 9.46 Å². The number of aromatic nitrogens is 1. The minimum absolute atomic E-state index is 0.0154. The highest BCUT2D eigenvalue weighted by atomic mass is 32.2. The second-order valence-electron chi connectivity index (χ2n) is 6.63. The van der Waals surface area contributed by atoms with Crippen LogP contribution in [0.5, 0.6) is 5.88 Å². The molecule has 0 saturated heterocycles. The fourth-order valence-electron chi connectivity index (χ4n) is 3.20. The normalized spacial score (nSPS) is 21.0. The number of ether oxygens (including phenoxy) is 1. The number of rotatable bonds is 6. The number of aryl methyl sites for hydroxylation is 1. The van der Waals surface area contributed by atoms with E-state index in [4.69, 9.17) is 4.74 Å². The first-order valence-electron chi connectivity index (χ1n) is 8.63. The Bertz CT molecular complexity index is 785. The summed E-state index contributed by atoms with van der Waals surface area (Å²) < 4.78 is 33.5. The lowest BCUT2D eigenvalue weighted by atomic mass is 9.94. The van der Waals surface area contributed by atoms with Crippen molar-refractivity contribution in [3.05, 3.63) is 59.8 Å². The molecule has 0 unspecified atom stereocenters. The molecule has 1 fully saturated rings. The van der Waals surface area contributed by atoms with Crippen LogP contribution in [0.1, 0.15) is 36.8 Å². The van der Waals surface area contributed by atoms with E-state index in [9.17, 15) is 8.42 Å². The van der Waals surface area contributed by atoms with Gasteiger partial charge in [0.25, 0.3) is 0 Å². The molecule has 0 bridgehead atoms. The van der Waals surface area contributed by atoms with Crippen LogP contribution in [0.25, 0.3) is 0 Å². The molecule has 0 radical (unpaired) electrons. The largest absolute Gasteiger partial charge is 0.474 e. The Morgan fingerprint density at radius 3 is 2.60 bits per heavy atom. The highest BCUT2D eigenvalue weighted by Gasteiger charge is 2.26. The molecular formula is C19H24N2O3S. The van der Waals surface area contributed by atoms with E-state index in [-0.39, 0.29) is 17.9 Å². The van der Waals surface area contributed by atoms with Gasteiger partial charge in [-0.25, -0.2) is 18.1 Å². The molecule has 0 aliphatic heterocycles. The van der Waals surface area contributed by atoms with Gasteiger partial charge < -0.3 is 4.74 Å². The van der Waals surface area contributed by atoms with E-state index in [0.717, 1.165) is 36.8 Å². The van der Waals surface area contributed by atoms with E-state index < -0.39 is 10.0 Å². The molecule has 5 nitrogen and oxygen atoms in total. The van der Waals surface area contributed by atoms with Crippen LogP contribution in [0.15, 0.2) is 48.7 Å². The molecule has 0 spiro atoms. The van der Waals surface area contributed by atoms with E-state index >= 15 is 0 Å². The van der Waals surface area contributed by atoms with Crippen molar-refractivity contribution in [2.75, 3.05) is 0 Å². The van der Waals surface area contributed by atoms with Crippen molar-refractivity contribution in [3.8, 4) is 5.88 Å². The monoisotopic (exact) mass is 360 g/mol. The molecule has 6 heteroatoms. The average Bonchev–Trinajstić information content (AvgIpc) is 2.57. The van der Waals surface area contributed by atoms with Gasteiger partial charge in [0.15, 0.2) is 0 Å². The topological polar surface area (TPSA) is 68.3 Å². The molecule has 1 aromatic heterocycles. The number of nitrogens with one attached hydrogen (secondary N) is 1. The van der Waals surface area contributed by atoms with Crippen molar-refractivity contribution in [1.82, 2.24) is 9.71 Å². The maximum absolute atomic E-state index is 12.4. The molecular weight excluding hydrogens is 336 g/mol. The second-order valence-corrected chi connectivity index (χ2v) is 8.38. The number of hydrogen-bond acceptors (Lipinski definition) is 4. The molecule has 1 aliphatic rings. The smallest absolute Gasteiger partial charge is 0.216 e. The third-order valence-electron chi connectivity index (χ3n) is 4.38. The molecule has 134 valence electrons. The van der Waals surface area contributed by atoms with E-state index in [1.165, 1.54) is 0 Å². The number of sulfonamides is 1. The zero-order chi connectivity index (χ0) is 17.7. The van der Waals surface area contributed by atoms with Crippen molar-refractivity contribution in [3.63, 3.8) is 0 Å². The van der Waals surface area contributed by atoms with Crippen molar-refractivity contribution < 1.29 is 13.2 Å². The minimum atomic E-state index is -3.33. The van der Waals surface area contributed by atoms with Crippen LogP contribution in [-0.4, -0.2) is 25.5 Å². The standard InChI is InChI=1S/C19H24N2O3S/c1-15-5-4-6-16(13-15)14-25(22,23)21-17-8-10-18(11-9-17)24-19-7-2-3-12-20-19/h2-7,12-13,17-18,21H,8-11,14H2,1H3. The van der Waals surface area contributed by atoms with Gasteiger partial charge in [0.1, 0.15) is 6.10 Å². The molecule has 1 N–H and O–H groups in total. The summed E-state index contributed by atoms with van der Waals surface area (Å²) in [6, 6.07) is 13.2. The Balaban J connectivity index is 1.49. The average molecular weight is 360 g/mol. The van der Waals surface area contributed by atoms with Crippen molar-refractivity contribution in [2.45, 2.75) is 50.5 Å². The van der Waals surface area contributed by atoms with E-state index in [1.807, 2.05) is 49.4 Å². The summed E-state index contributed by atoms with van der Waals surface area (Å²) in [5.41, 5.74) is 1.89. The summed E-state index contributed by atoms with van der Waals surface area (Å²) >= 11 is 0. The van der Waals surface area contributed by atoms with Gasteiger partial charge in [-0.3, -0.25) is 0 Å². The molecule has 0 amide bonds. The van der Waals surface area contributed by atoms with Crippen molar-refractivity contribution >= 4 is 10.0 Å². The molecule has 1 heterocycles. The molecule has 1 aromatic carbocycles. The minimum Gasteiger partial charge on any atom is -0.474 e. The van der Waals surface area contributed by atoms with Crippen LogP contribution in [0.3, 0.4) is 0 Å². The van der Waals surface area contributed by atoms with Crippen molar-refractivity contribution in [1.29, 1.82) is 0 Å². The first-order chi connectivity index (χ1) is 12.0. The van der Waals surface area contributed by atoms with Crippen molar-refractivity contribution in [2.24, 2.45) is 0 Å². The molecule has 0 atom stereocenters. The van der Waals surface area contributed by atoms with Gasteiger partial charge in [-0.05, 0) is 44.2 Å². The summed E-state index contributed by atoms with van der Waals surface area (Å²) in [6.07, 6.45) is 5.03. The third kappa shape index (κ3) is 5.54. The lowest BCUT2D eigenvalue weighted by Gasteiger charge is -2.29. The Morgan fingerprint density at radius 1 is 1.12 bits per heavy atom. The summed E-state index contributed by atoms with van der Waals surface area (Å²) in [5, 5.41) is 0. The molecule has 1 saturated carbocycles. The summed E-state index contributed by atoms with van der Waals surface area (Å²) in [5.74, 6) is 0.657. The Labute approximate surface area is 149 Å². The van der Waals surface area contributed by atoms with E-state index in [0.29, 0.717) is 5.88 Å². The van der Waals surface area contributed by atoms with Gasteiger partial charge in [-0.1, -0.05) is 35.9 Å². The predicted octanol–water partition coefficient (Wildman–Crippen LogP) is 3.20. The van der Waals surface area contributed by atoms with Gasteiger partial charge in [-0.2, -0.15) is 0 Å². The van der Waals surface area contributed by atoms with Gasteiger partial charge in [-0.15, -0.1) is 0 Å². The van der Waals surface area contributed by atoms with Gasteiger partial charge in [0.2, 0.25) is 15.9 Å². The quantitative estimate of drug-likeness (QED) is 0.859. The summed E-state index contributed by atoms with van der Waals surface area (Å²) in [6.45, 7) is 1.96. The maximum atomic E-state index is 12.4. The highest BCUT2D eigenvalue weighted by molar-refractivity contribution is 7.88. The number of hydrogen-bond donors (Lipinski definition) is 1. The van der Waals surface area contributed by atoms with Gasteiger partial charge in [0, 0.05) is 18.3 Å². The maximum Gasteiger partial charge on any atom is 0.216 e. The molecule has 25 heavy (non-hydrogen) atoms. The number of nitrogens with zero attached hydrogens (tertiary/aromatic N) is 1. The Hall–Kier alpha value is -1.92. The van der Waals surface area contributed by atoms with Gasteiger partial charge in [0.05, 0.1) is 5.75 Å². The van der Waals surface area contributed by atoms with Crippen LogP contribution in [0.4, 0.5) is 0 Å². The fourth-order valence-corrected chi connectivity index (χ4v) is 4.65. The SMILES string of the molecule is Cc1cccc(CS(=O)(=O)NC2CCC(Oc3ccccn3)CC2)c1. The second kappa shape index (κ2) is 7.97. The first-order valence-corrected chi connectivity index (χ1v) is 10.3. The molecule has 1 aliphatic carbocycles. The summed E-state index contributed by atoms with van der Waals surface area (Å²) in [4.78, 5) is 4.17. The third-order valence-corrected chi connectivity index (χ3v) is 5.79. The van der Waals surface area contributed by atoms with Crippen LogP contribution in [-0.2, 0) is 15.8 Å². The van der Waals surface area contributed by atoms with Crippen LogP contribution in [0.2, 0.25) is 0 Å². The zero-order valence-electron chi connectivity index (χ0n) is 14.4. The van der Waals surface area contributed by atoms with Gasteiger partial charge >= 0.3 is 0 Å². The predicted molar refractivity (Wildman–Crippen MR) is 97.8 cm³/mol. The van der Waals surface area contributed by atoms with E-state index in [1.54, 1.807) is 6.20 Å². The molecule has 2 aromatic rings. The van der Waals surface area contributed by atoms with Crippen LogP contribution in [0, 0.1) is 6.92 Å². The summed E-state index contributed by atoms with van der Waals surface area (Å²) in [7, 11) is -3.33. The Kier molecular flexibility index (Phi) is 5.71. The fraction of sp³-hybridized carbons (Fsp3) is 0.421. The molecule has 3 rings (SSSR count).